The molecule has 0 aliphatic heterocycles. The highest BCUT2D eigenvalue weighted by Gasteiger charge is 2.10. The van der Waals surface area contributed by atoms with E-state index in [9.17, 15) is 9.90 Å². The SMILES string of the molecule is [N-]=[N+]=Nc1ccc(C(=O)NCCCNCCCCCCNCCCCCCCCNCCCCCCN)c(O)c1. The maximum Gasteiger partial charge on any atom is 0.255 e. The smallest absolute Gasteiger partial charge is 0.255 e. The van der Waals surface area contributed by atoms with Gasteiger partial charge in [-0.05, 0) is 108 Å². The number of hydrogen-bond donors (Lipinski definition) is 6. The van der Waals surface area contributed by atoms with Crippen molar-refractivity contribution in [3.8, 4) is 5.75 Å². The number of carbonyl (C=O) groups is 1. The Morgan fingerprint density at radius 1 is 0.700 bits per heavy atom. The molecule has 40 heavy (non-hydrogen) atoms. The average molecular weight is 561 g/mol. The van der Waals surface area contributed by atoms with Crippen LogP contribution in [-0.2, 0) is 0 Å². The average Bonchev–Trinajstić information content (AvgIpc) is 2.95. The fraction of sp³-hybridized carbons (Fsp3) is 0.767. The molecular weight excluding hydrogens is 504 g/mol. The molecule has 1 aromatic carbocycles. The Labute approximate surface area is 242 Å². The van der Waals surface area contributed by atoms with Crippen LogP contribution in [0.2, 0.25) is 0 Å². The van der Waals surface area contributed by atoms with Gasteiger partial charge in [0.25, 0.3) is 5.91 Å². The van der Waals surface area contributed by atoms with Gasteiger partial charge >= 0.3 is 0 Å². The maximum atomic E-state index is 12.2. The molecule has 0 aromatic heterocycles. The monoisotopic (exact) mass is 560 g/mol. The van der Waals surface area contributed by atoms with Crippen LogP contribution in [0.5, 0.6) is 5.75 Å². The van der Waals surface area contributed by atoms with Crippen LogP contribution in [0, 0.1) is 0 Å². The Kier molecular flexibility index (Phi) is 23.9. The zero-order valence-electron chi connectivity index (χ0n) is 24.8. The lowest BCUT2D eigenvalue weighted by molar-refractivity contribution is 0.0950. The Bertz CT molecular complexity index is 802. The minimum atomic E-state index is -0.335. The van der Waals surface area contributed by atoms with E-state index in [1.165, 1.54) is 115 Å². The molecule has 0 saturated heterocycles. The Hall–Kier alpha value is -2.36. The van der Waals surface area contributed by atoms with Crippen molar-refractivity contribution in [3.05, 3.63) is 34.2 Å². The first-order valence-electron chi connectivity index (χ1n) is 15.7. The van der Waals surface area contributed by atoms with E-state index < -0.39 is 0 Å². The van der Waals surface area contributed by atoms with Gasteiger partial charge in [0, 0.05) is 17.1 Å². The van der Waals surface area contributed by atoms with Crippen LogP contribution in [0.25, 0.3) is 10.4 Å². The summed E-state index contributed by atoms with van der Waals surface area (Å²) >= 11 is 0. The van der Waals surface area contributed by atoms with Gasteiger partial charge in [0.05, 0.1) is 5.56 Å². The van der Waals surface area contributed by atoms with Crippen molar-refractivity contribution in [2.24, 2.45) is 10.8 Å². The molecule has 0 atom stereocenters. The number of azide groups is 1. The van der Waals surface area contributed by atoms with Crippen LogP contribution >= 0.6 is 0 Å². The first-order chi connectivity index (χ1) is 19.7. The lowest BCUT2D eigenvalue weighted by Gasteiger charge is -2.08. The van der Waals surface area contributed by atoms with E-state index in [4.69, 9.17) is 11.3 Å². The van der Waals surface area contributed by atoms with Gasteiger partial charge in [-0.15, -0.1) is 0 Å². The number of nitrogens with one attached hydrogen (secondary N) is 4. The number of carbonyl (C=O) groups excluding carboxylic acids is 1. The van der Waals surface area contributed by atoms with E-state index in [-0.39, 0.29) is 22.9 Å². The van der Waals surface area contributed by atoms with Crippen LogP contribution in [0.3, 0.4) is 0 Å². The third-order valence-corrected chi connectivity index (χ3v) is 6.92. The Morgan fingerprint density at radius 3 is 1.60 bits per heavy atom. The highest BCUT2D eigenvalue weighted by atomic mass is 16.3. The van der Waals surface area contributed by atoms with E-state index in [0.717, 1.165) is 45.7 Å². The number of phenols is 1. The predicted molar refractivity (Wildman–Crippen MR) is 166 cm³/mol. The van der Waals surface area contributed by atoms with Gasteiger partial charge < -0.3 is 32.1 Å². The number of benzene rings is 1. The zero-order valence-corrected chi connectivity index (χ0v) is 24.8. The highest BCUT2D eigenvalue weighted by molar-refractivity contribution is 5.97. The molecule has 0 heterocycles. The molecule has 0 aliphatic carbocycles. The van der Waals surface area contributed by atoms with Crippen LogP contribution in [0.1, 0.15) is 107 Å². The number of nitrogens with two attached hydrogens (primary N) is 1. The molecular formula is C30H56N8O2. The molecule has 7 N–H and O–H groups in total. The molecule has 0 saturated carbocycles. The third kappa shape index (κ3) is 20.5. The number of amides is 1. The van der Waals surface area contributed by atoms with Crippen molar-refractivity contribution in [2.75, 3.05) is 52.4 Å². The molecule has 10 nitrogen and oxygen atoms in total. The second-order valence-electron chi connectivity index (χ2n) is 10.5. The van der Waals surface area contributed by atoms with Gasteiger partial charge in [-0.2, -0.15) is 0 Å². The Balaban J connectivity index is 1.77. The molecule has 10 heteroatoms. The summed E-state index contributed by atoms with van der Waals surface area (Å²) in [5.74, 6) is -0.528. The first-order valence-corrected chi connectivity index (χ1v) is 15.7. The molecule has 1 aromatic rings. The van der Waals surface area contributed by atoms with Crippen LogP contribution < -0.4 is 27.0 Å². The van der Waals surface area contributed by atoms with Crippen molar-refractivity contribution in [1.29, 1.82) is 0 Å². The minimum absolute atomic E-state index is 0.175. The van der Waals surface area contributed by atoms with Crippen molar-refractivity contribution >= 4 is 11.6 Å². The van der Waals surface area contributed by atoms with Gasteiger partial charge in [0.2, 0.25) is 0 Å². The number of hydrogen-bond acceptors (Lipinski definition) is 7. The fourth-order valence-electron chi connectivity index (χ4n) is 4.52. The van der Waals surface area contributed by atoms with Gasteiger partial charge in [0.15, 0.2) is 0 Å². The predicted octanol–water partition coefficient (Wildman–Crippen LogP) is 5.64. The second-order valence-corrected chi connectivity index (χ2v) is 10.5. The minimum Gasteiger partial charge on any atom is -0.507 e. The molecule has 0 bridgehead atoms. The lowest BCUT2D eigenvalue weighted by Crippen LogP contribution is -2.27. The molecule has 0 fully saturated rings. The van der Waals surface area contributed by atoms with Gasteiger partial charge in [0.1, 0.15) is 5.75 Å². The van der Waals surface area contributed by atoms with Crippen LogP contribution in [0.15, 0.2) is 23.3 Å². The van der Waals surface area contributed by atoms with Crippen LogP contribution in [0.4, 0.5) is 5.69 Å². The number of phenolic OH excluding ortho intramolecular Hbond substituents is 1. The Morgan fingerprint density at radius 2 is 1.15 bits per heavy atom. The summed E-state index contributed by atoms with van der Waals surface area (Å²) < 4.78 is 0. The molecule has 1 amide bonds. The molecule has 0 radical (unpaired) electrons. The van der Waals surface area contributed by atoms with E-state index in [0.29, 0.717) is 6.54 Å². The number of nitrogens with zero attached hydrogens (tertiary/aromatic N) is 3. The third-order valence-electron chi connectivity index (χ3n) is 6.92. The fourth-order valence-corrected chi connectivity index (χ4v) is 4.52. The van der Waals surface area contributed by atoms with E-state index in [1.807, 2.05) is 0 Å². The largest absolute Gasteiger partial charge is 0.507 e. The van der Waals surface area contributed by atoms with Crippen molar-refractivity contribution in [1.82, 2.24) is 21.3 Å². The quantitative estimate of drug-likeness (QED) is 0.0336. The van der Waals surface area contributed by atoms with Gasteiger partial charge in [-0.3, -0.25) is 4.79 Å². The lowest BCUT2D eigenvalue weighted by atomic mass is 10.1. The molecule has 0 spiro atoms. The maximum absolute atomic E-state index is 12.2. The summed E-state index contributed by atoms with van der Waals surface area (Å²) in [7, 11) is 0. The van der Waals surface area contributed by atoms with Gasteiger partial charge in [-0.25, -0.2) is 0 Å². The van der Waals surface area contributed by atoms with Gasteiger partial charge in [-0.1, -0.05) is 62.5 Å². The first kappa shape index (κ1) is 35.7. The highest BCUT2D eigenvalue weighted by Crippen LogP contribution is 2.23. The number of rotatable bonds is 28. The number of unbranched alkanes of at least 4 members (excludes halogenated alkanes) is 11. The molecule has 1 rings (SSSR count). The normalized spacial score (nSPS) is 10.9. The summed E-state index contributed by atoms with van der Waals surface area (Å²) in [5, 5.41) is 26.7. The molecule has 0 unspecified atom stereocenters. The van der Waals surface area contributed by atoms with E-state index in [1.54, 1.807) is 0 Å². The van der Waals surface area contributed by atoms with E-state index in [2.05, 4.69) is 31.3 Å². The van der Waals surface area contributed by atoms with Crippen molar-refractivity contribution < 1.29 is 9.90 Å². The van der Waals surface area contributed by atoms with Crippen molar-refractivity contribution in [2.45, 2.75) is 96.3 Å². The molecule has 0 aliphatic rings. The summed E-state index contributed by atoms with van der Waals surface area (Å²) in [4.78, 5) is 14.8. The topological polar surface area (TPSA) is 160 Å². The summed E-state index contributed by atoms with van der Waals surface area (Å²) in [5.41, 5.74) is 14.4. The summed E-state index contributed by atoms with van der Waals surface area (Å²) in [6.07, 6.45) is 18.7. The summed E-state index contributed by atoms with van der Waals surface area (Å²) in [6, 6.07) is 4.24. The van der Waals surface area contributed by atoms with E-state index >= 15 is 0 Å². The summed E-state index contributed by atoms with van der Waals surface area (Å²) in [6.45, 7) is 7.78. The number of aromatic hydroxyl groups is 1. The molecule has 228 valence electrons. The zero-order chi connectivity index (χ0) is 28.9. The van der Waals surface area contributed by atoms with Crippen molar-refractivity contribution in [3.63, 3.8) is 0 Å². The van der Waals surface area contributed by atoms with Crippen LogP contribution in [-0.4, -0.2) is 63.4 Å². The second kappa shape index (κ2) is 26.8. The standard InChI is InChI=1S/C30H56N8O2/c31-18-9-3-6-12-21-33-19-10-4-1-2-5-11-20-34-22-13-7-8-14-23-35-24-15-25-36-30(40)28-17-16-27(37-38-32)26-29(28)39/h16-17,26,33-35,39H,1-15,18-25,31H2,(H,36,40).